The summed E-state index contributed by atoms with van der Waals surface area (Å²) in [6, 6.07) is 7.78. The van der Waals surface area contributed by atoms with Crippen molar-refractivity contribution in [3.05, 3.63) is 65.4 Å². The normalized spacial score (nSPS) is 22.9. The quantitative estimate of drug-likeness (QED) is 0.292. The second kappa shape index (κ2) is 11.2. The molecule has 13 heteroatoms. The van der Waals surface area contributed by atoms with E-state index in [1.54, 1.807) is 12.1 Å². The van der Waals surface area contributed by atoms with Gasteiger partial charge < -0.3 is 14.8 Å². The van der Waals surface area contributed by atoms with Crippen LogP contribution in [0.25, 0.3) is 11.3 Å². The highest BCUT2D eigenvalue weighted by Gasteiger charge is 2.51. The molecule has 1 unspecified atom stereocenters. The van der Waals surface area contributed by atoms with Gasteiger partial charge in [-0.15, -0.1) is 5.10 Å². The monoisotopic (exact) mass is 564 g/mol. The van der Waals surface area contributed by atoms with Crippen LogP contribution in [0.5, 0.6) is 5.88 Å². The lowest BCUT2D eigenvalue weighted by Gasteiger charge is -2.33. The maximum atomic E-state index is 13.8. The van der Waals surface area contributed by atoms with E-state index in [4.69, 9.17) is 9.47 Å². The minimum Gasteiger partial charge on any atom is -0.475 e. The van der Waals surface area contributed by atoms with E-state index in [1.807, 2.05) is 19.9 Å². The third-order valence-corrected chi connectivity index (χ3v) is 7.22. The van der Waals surface area contributed by atoms with Crippen LogP contribution in [-0.2, 0) is 10.9 Å². The van der Waals surface area contributed by atoms with E-state index in [0.717, 1.165) is 12.0 Å². The zero-order valence-electron chi connectivity index (χ0n) is 22.0. The molecule has 1 aliphatic heterocycles. The predicted molar refractivity (Wildman–Crippen MR) is 135 cm³/mol. The summed E-state index contributed by atoms with van der Waals surface area (Å²) in [6.07, 6.45) is -0.389. The number of pyridine rings is 1. The fraction of sp³-hybridized carbons (Fsp3) is 0.481. The Bertz CT molecular complexity index is 1360. The first-order valence-electron chi connectivity index (χ1n) is 13.0. The third kappa shape index (κ3) is 5.57. The first-order chi connectivity index (χ1) is 19.1. The summed E-state index contributed by atoms with van der Waals surface area (Å²) in [5.74, 6) is -1.48. The number of alkyl halides is 4. The fourth-order valence-electron chi connectivity index (χ4n) is 5.64. The molecule has 3 atom stereocenters. The van der Waals surface area contributed by atoms with Crippen LogP contribution in [-0.4, -0.2) is 63.3 Å². The van der Waals surface area contributed by atoms with Gasteiger partial charge in [0.15, 0.2) is 0 Å². The van der Waals surface area contributed by atoms with Gasteiger partial charge in [-0.25, -0.2) is 13.8 Å². The van der Waals surface area contributed by atoms with Gasteiger partial charge in [0.1, 0.15) is 12.5 Å². The molecule has 3 aromatic rings. The zero-order valence-corrected chi connectivity index (χ0v) is 22.0. The van der Waals surface area contributed by atoms with Crippen molar-refractivity contribution in [2.75, 3.05) is 26.4 Å². The summed E-state index contributed by atoms with van der Waals surface area (Å²) >= 11 is 0. The molecule has 1 aromatic carbocycles. The van der Waals surface area contributed by atoms with E-state index in [-0.39, 0.29) is 48.5 Å². The van der Waals surface area contributed by atoms with Crippen molar-refractivity contribution in [1.82, 2.24) is 30.5 Å². The van der Waals surface area contributed by atoms with Crippen molar-refractivity contribution in [2.24, 2.45) is 5.92 Å². The highest BCUT2D eigenvalue weighted by molar-refractivity contribution is 5.74. The van der Waals surface area contributed by atoms with Crippen molar-refractivity contribution in [3.8, 4) is 11.6 Å². The Morgan fingerprint density at radius 2 is 2.00 bits per heavy atom. The number of ether oxygens (including phenoxy) is 2. The first kappa shape index (κ1) is 28.1. The van der Waals surface area contributed by atoms with E-state index in [1.165, 1.54) is 24.4 Å². The molecule has 1 N–H and O–H groups in total. The molecule has 1 spiro atoms. The lowest BCUT2D eigenvalue weighted by molar-refractivity contribution is -0.146. The van der Waals surface area contributed by atoms with Crippen LogP contribution in [0, 0.1) is 11.7 Å². The molecule has 8 nitrogen and oxygen atoms in total. The lowest BCUT2D eigenvalue weighted by Crippen LogP contribution is -2.35. The molecule has 2 aliphatic rings. The van der Waals surface area contributed by atoms with Gasteiger partial charge in [-0.2, -0.15) is 17.9 Å². The molecule has 0 radical (unpaired) electrons. The lowest BCUT2D eigenvalue weighted by atomic mass is 9.79. The summed E-state index contributed by atoms with van der Waals surface area (Å²) in [4.78, 5) is 4.32. The number of hydrogen-bond acceptors (Lipinski definition) is 7. The van der Waals surface area contributed by atoms with Crippen LogP contribution in [0.2, 0.25) is 0 Å². The number of nitrogens with one attached hydrogen (secondary N) is 1. The first-order valence-corrected chi connectivity index (χ1v) is 13.0. The highest BCUT2D eigenvalue weighted by Crippen LogP contribution is 2.53. The smallest absolute Gasteiger partial charge is 0.453 e. The minimum atomic E-state index is -4.77. The minimum absolute atomic E-state index is 0.0140. The molecule has 0 amide bonds. The van der Waals surface area contributed by atoms with Crippen molar-refractivity contribution in [1.29, 1.82) is 0 Å². The van der Waals surface area contributed by atoms with Crippen LogP contribution >= 0.6 is 0 Å². The Balaban J connectivity index is 1.56. The van der Waals surface area contributed by atoms with Crippen LogP contribution in [0.1, 0.15) is 49.6 Å². The van der Waals surface area contributed by atoms with E-state index < -0.39 is 24.3 Å². The Kier molecular flexibility index (Phi) is 7.87. The summed E-state index contributed by atoms with van der Waals surface area (Å²) in [7, 11) is 0. The zero-order chi connectivity index (χ0) is 28.5. The summed E-state index contributed by atoms with van der Waals surface area (Å²) in [5, 5.41) is 13.0. The molecule has 2 aromatic heterocycles. The Morgan fingerprint density at radius 3 is 2.70 bits per heavy atom. The molecule has 1 saturated carbocycles. The van der Waals surface area contributed by atoms with Crippen LogP contribution < -0.4 is 10.1 Å². The number of tetrazole rings is 1. The molecule has 40 heavy (non-hydrogen) atoms. The molecule has 214 valence electrons. The molecular formula is C27H29F5N6O2. The Labute approximate surface area is 227 Å². The number of nitrogens with zero attached hydrogens (tertiary/aromatic N) is 5. The van der Waals surface area contributed by atoms with Gasteiger partial charge in [-0.1, -0.05) is 12.1 Å². The molecular weight excluding hydrogens is 535 g/mol. The SMILES string of the molecule is CC(C)Oc1ncc(-n2nnnc2C(F)(F)F)cc1C1=CC2(CC[C@H](CNCCF)[C@H]2c2ccc(F)cc2)OC1. The highest BCUT2D eigenvalue weighted by atomic mass is 19.4. The number of rotatable bonds is 9. The molecule has 5 rings (SSSR count). The van der Waals surface area contributed by atoms with Crippen molar-refractivity contribution in [3.63, 3.8) is 0 Å². The van der Waals surface area contributed by atoms with Crippen molar-refractivity contribution < 1.29 is 31.4 Å². The van der Waals surface area contributed by atoms with Gasteiger partial charge in [0, 0.05) is 18.0 Å². The predicted octanol–water partition coefficient (Wildman–Crippen LogP) is 4.91. The second-order valence-corrected chi connectivity index (χ2v) is 10.3. The maximum Gasteiger partial charge on any atom is 0.453 e. The molecule has 1 aliphatic carbocycles. The van der Waals surface area contributed by atoms with E-state index in [9.17, 15) is 22.0 Å². The topological polar surface area (TPSA) is 87.0 Å². The second-order valence-electron chi connectivity index (χ2n) is 10.3. The third-order valence-electron chi connectivity index (χ3n) is 7.22. The van der Waals surface area contributed by atoms with Gasteiger partial charge in [0.2, 0.25) is 5.88 Å². The van der Waals surface area contributed by atoms with Crippen LogP contribution in [0.4, 0.5) is 22.0 Å². The number of benzene rings is 1. The maximum absolute atomic E-state index is 13.8. The van der Waals surface area contributed by atoms with Crippen LogP contribution in [0.15, 0.2) is 42.6 Å². The largest absolute Gasteiger partial charge is 0.475 e. The average molecular weight is 565 g/mol. The van der Waals surface area contributed by atoms with Crippen molar-refractivity contribution >= 4 is 5.57 Å². The molecule has 3 heterocycles. The van der Waals surface area contributed by atoms with Gasteiger partial charge in [0.05, 0.1) is 30.2 Å². The molecule has 0 saturated heterocycles. The molecule has 0 bridgehead atoms. The van der Waals surface area contributed by atoms with Gasteiger partial charge >= 0.3 is 6.18 Å². The summed E-state index contributed by atoms with van der Waals surface area (Å²) in [6.45, 7) is 4.09. The van der Waals surface area contributed by atoms with Gasteiger partial charge in [0.25, 0.3) is 5.82 Å². The number of halogens is 5. The van der Waals surface area contributed by atoms with Gasteiger partial charge in [-0.3, -0.25) is 0 Å². The Hall–Kier alpha value is -3.45. The average Bonchev–Trinajstić information content (AvgIpc) is 3.64. The molecule has 1 fully saturated rings. The van der Waals surface area contributed by atoms with E-state index in [2.05, 4.69) is 25.8 Å². The van der Waals surface area contributed by atoms with E-state index in [0.29, 0.717) is 28.8 Å². The Morgan fingerprint density at radius 1 is 1.23 bits per heavy atom. The van der Waals surface area contributed by atoms with Crippen molar-refractivity contribution in [2.45, 2.75) is 50.5 Å². The summed E-state index contributed by atoms with van der Waals surface area (Å²) in [5.41, 5.74) is 1.30. The number of aromatic nitrogens is 5. The van der Waals surface area contributed by atoms with Gasteiger partial charge in [-0.05, 0) is 85.0 Å². The fourth-order valence-corrected chi connectivity index (χ4v) is 5.64. The van der Waals surface area contributed by atoms with Crippen LogP contribution in [0.3, 0.4) is 0 Å². The standard InChI is InChI=1S/C27H29F5N6O2/c1-16(2)40-24-22(11-21(14-34-24)38-25(27(30,31)32)35-36-37-38)19-12-26(39-15-19)8-7-18(13-33-10-9-28)23(26)17-3-5-20(29)6-4-17/h3-6,11-12,14,16,18,23,33H,7-10,13,15H2,1-2H3/t18-,23-,26?/m1/s1. The van der Waals surface area contributed by atoms with E-state index >= 15 is 0 Å². The number of hydrogen-bond donors (Lipinski definition) is 1. The summed E-state index contributed by atoms with van der Waals surface area (Å²) < 4.78 is 80.1.